The highest BCUT2D eigenvalue weighted by Crippen LogP contribution is 2.27. The second-order valence-electron chi connectivity index (χ2n) is 5.82. The van der Waals surface area contributed by atoms with Crippen LogP contribution in [0.5, 0.6) is 0 Å². The monoisotopic (exact) mass is 268 g/mol. The normalized spacial score (nSPS) is 11.7. The molecule has 0 radical (unpaired) electrons. The lowest BCUT2D eigenvalue weighted by Gasteiger charge is -2.23. The molecule has 104 valence electrons. The Hall–Kier alpha value is -2.03. The van der Waals surface area contributed by atoms with E-state index >= 15 is 0 Å². The van der Waals surface area contributed by atoms with Gasteiger partial charge in [-0.3, -0.25) is 14.8 Å². The van der Waals surface area contributed by atoms with Crippen molar-refractivity contribution in [2.45, 2.75) is 39.0 Å². The van der Waals surface area contributed by atoms with Gasteiger partial charge in [-0.05, 0) is 43.5 Å². The lowest BCUT2D eigenvalue weighted by atomic mass is 9.79. The summed E-state index contributed by atoms with van der Waals surface area (Å²) in [7, 11) is 0. The Labute approximate surface area is 120 Å². The van der Waals surface area contributed by atoms with E-state index in [1.165, 1.54) is 0 Å². The van der Waals surface area contributed by atoms with Gasteiger partial charge in [0.1, 0.15) is 0 Å². The average molecular weight is 268 g/mol. The Morgan fingerprint density at radius 3 is 2.40 bits per heavy atom. The van der Waals surface area contributed by atoms with Gasteiger partial charge in [0.15, 0.2) is 5.78 Å². The molecular formula is C17H20N2O. The summed E-state index contributed by atoms with van der Waals surface area (Å²) in [4.78, 5) is 21.1. The SMILES string of the molecule is CC(C)c1ccc(C(=O)C(C)(C)c2cccnc2)cn1. The molecule has 0 saturated carbocycles. The molecule has 0 unspecified atom stereocenters. The van der Waals surface area contributed by atoms with E-state index in [0.717, 1.165) is 11.3 Å². The van der Waals surface area contributed by atoms with Gasteiger partial charge in [-0.15, -0.1) is 0 Å². The number of rotatable bonds is 4. The zero-order chi connectivity index (χ0) is 14.8. The second-order valence-corrected chi connectivity index (χ2v) is 5.82. The fraction of sp³-hybridized carbons (Fsp3) is 0.353. The van der Waals surface area contributed by atoms with Crippen molar-refractivity contribution in [2.75, 3.05) is 0 Å². The zero-order valence-electron chi connectivity index (χ0n) is 12.4. The molecule has 0 saturated heterocycles. The van der Waals surface area contributed by atoms with Crippen molar-refractivity contribution in [3.63, 3.8) is 0 Å². The first-order valence-corrected chi connectivity index (χ1v) is 6.84. The predicted octanol–water partition coefficient (Wildman–Crippen LogP) is 3.76. The van der Waals surface area contributed by atoms with E-state index in [1.54, 1.807) is 18.6 Å². The third-order valence-corrected chi connectivity index (χ3v) is 3.59. The van der Waals surface area contributed by atoms with E-state index in [-0.39, 0.29) is 5.78 Å². The van der Waals surface area contributed by atoms with Crippen LogP contribution < -0.4 is 0 Å². The van der Waals surface area contributed by atoms with E-state index in [9.17, 15) is 4.79 Å². The van der Waals surface area contributed by atoms with Crippen LogP contribution in [-0.4, -0.2) is 15.8 Å². The summed E-state index contributed by atoms with van der Waals surface area (Å²) < 4.78 is 0. The first-order valence-electron chi connectivity index (χ1n) is 6.84. The molecule has 0 spiro atoms. The van der Waals surface area contributed by atoms with Gasteiger partial charge in [-0.2, -0.15) is 0 Å². The van der Waals surface area contributed by atoms with Crippen molar-refractivity contribution >= 4 is 5.78 Å². The van der Waals surface area contributed by atoms with Crippen LogP contribution in [0.4, 0.5) is 0 Å². The molecule has 0 aliphatic rings. The number of ketones is 1. The molecule has 0 aliphatic carbocycles. The summed E-state index contributed by atoms with van der Waals surface area (Å²) in [6.07, 6.45) is 5.13. The molecule has 0 atom stereocenters. The number of nitrogens with zero attached hydrogens (tertiary/aromatic N) is 2. The minimum atomic E-state index is -0.602. The molecule has 0 aliphatic heterocycles. The fourth-order valence-corrected chi connectivity index (χ4v) is 2.11. The summed E-state index contributed by atoms with van der Waals surface area (Å²) in [5.41, 5.74) is 1.96. The van der Waals surface area contributed by atoms with Crippen LogP contribution in [0.25, 0.3) is 0 Å². The number of hydrogen-bond donors (Lipinski definition) is 0. The van der Waals surface area contributed by atoms with Gasteiger partial charge in [0.2, 0.25) is 0 Å². The van der Waals surface area contributed by atoms with Crippen LogP contribution in [0, 0.1) is 0 Å². The number of hydrogen-bond acceptors (Lipinski definition) is 3. The van der Waals surface area contributed by atoms with Crippen molar-refractivity contribution in [1.29, 1.82) is 0 Å². The highest BCUT2D eigenvalue weighted by Gasteiger charge is 2.31. The molecular weight excluding hydrogens is 248 g/mol. The summed E-state index contributed by atoms with van der Waals surface area (Å²) >= 11 is 0. The lowest BCUT2D eigenvalue weighted by molar-refractivity contribution is 0.0908. The Bertz CT molecular complexity index is 586. The Morgan fingerprint density at radius 1 is 1.15 bits per heavy atom. The first-order chi connectivity index (χ1) is 9.43. The van der Waals surface area contributed by atoms with Crippen LogP contribution in [0.3, 0.4) is 0 Å². The van der Waals surface area contributed by atoms with Crippen LogP contribution in [-0.2, 0) is 5.41 Å². The molecule has 0 aromatic carbocycles. The number of Topliss-reactive ketones (excluding diaryl/α,β-unsaturated/α-hetero) is 1. The second kappa shape index (κ2) is 5.53. The van der Waals surface area contributed by atoms with Gasteiger partial charge >= 0.3 is 0 Å². The Balaban J connectivity index is 2.31. The van der Waals surface area contributed by atoms with Crippen molar-refractivity contribution in [1.82, 2.24) is 9.97 Å². The van der Waals surface area contributed by atoms with Crippen molar-refractivity contribution < 1.29 is 4.79 Å². The van der Waals surface area contributed by atoms with E-state index in [2.05, 4.69) is 23.8 Å². The third kappa shape index (κ3) is 2.77. The Morgan fingerprint density at radius 2 is 1.90 bits per heavy atom. The molecule has 0 bridgehead atoms. The van der Waals surface area contributed by atoms with Gasteiger partial charge in [-0.1, -0.05) is 19.9 Å². The molecule has 0 fully saturated rings. The highest BCUT2D eigenvalue weighted by molar-refractivity contribution is 6.03. The van der Waals surface area contributed by atoms with Crippen molar-refractivity contribution in [2.24, 2.45) is 0 Å². The van der Waals surface area contributed by atoms with Gasteiger partial charge < -0.3 is 0 Å². The molecule has 2 heterocycles. The number of aromatic nitrogens is 2. The van der Waals surface area contributed by atoms with Crippen molar-refractivity contribution in [3.05, 3.63) is 59.7 Å². The smallest absolute Gasteiger partial charge is 0.174 e. The fourth-order valence-electron chi connectivity index (χ4n) is 2.11. The van der Waals surface area contributed by atoms with E-state index in [4.69, 9.17) is 0 Å². The summed E-state index contributed by atoms with van der Waals surface area (Å²) in [5, 5.41) is 0. The number of pyridine rings is 2. The summed E-state index contributed by atoms with van der Waals surface area (Å²) in [6.45, 7) is 8.01. The van der Waals surface area contributed by atoms with E-state index in [0.29, 0.717) is 11.5 Å². The standard InChI is InChI=1S/C17H20N2O/c1-12(2)15-8-7-13(10-19-15)16(20)17(3,4)14-6-5-9-18-11-14/h5-12H,1-4H3. The molecule has 3 nitrogen and oxygen atoms in total. The third-order valence-electron chi connectivity index (χ3n) is 3.59. The van der Waals surface area contributed by atoms with Gasteiger partial charge in [0, 0.05) is 29.8 Å². The maximum Gasteiger partial charge on any atom is 0.174 e. The quantitative estimate of drug-likeness (QED) is 0.793. The van der Waals surface area contributed by atoms with Crippen molar-refractivity contribution in [3.8, 4) is 0 Å². The van der Waals surface area contributed by atoms with Crippen LogP contribution in [0.2, 0.25) is 0 Å². The number of carbonyl (C=O) groups excluding carboxylic acids is 1. The van der Waals surface area contributed by atoms with E-state index < -0.39 is 5.41 Å². The molecule has 20 heavy (non-hydrogen) atoms. The van der Waals surface area contributed by atoms with Gasteiger partial charge in [0.25, 0.3) is 0 Å². The Kier molecular flexibility index (Phi) is 3.98. The molecule has 2 rings (SSSR count). The molecule has 0 amide bonds. The first kappa shape index (κ1) is 14.4. The molecule has 2 aromatic rings. The van der Waals surface area contributed by atoms with Gasteiger partial charge in [0.05, 0.1) is 5.41 Å². The largest absolute Gasteiger partial charge is 0.293 e. The van der Waals surface area contributed by atoms with Crippen LogP contribution >= 0.6 is 0 Å². The molecule has 2 aromatic heterocycles. The maximum absolute atomic E-state index is 12.7. The summed E-state index contributed by atoms with van der Waals surface area (Å²) in [5.74, 6) is 0.429. The van der Waals surface area contributed by atoms with Crippen LogP contribution in [0.15, 0.2) is 42.9 Å². The minimum absolute atomic E-state index is 0.0632. The average Bonchev–Trinajstić information content (AvgIpc) is 2.47. The molecule has 3 heteroatoms. The van der Waals surface area contributed by atoms with Crippen LogP contribution in [0.1, 0.15) is 55.2 Å². The zero-order valence-corrected chi connectivity index (χ0v) is 12.4. The van der Waals surface area contributed by atoms with Gasteiger partial charge in [-0.25, -0.2) is 0 Å². The number of carbonyl (C=O) groups is 1. The predicted molar refractivity (Wildman–Crippen MR) is 79.9 cm³/mol. The maximum atomic E-state index is 12.7. The molecule has 0 N–H and O–H groups in total. The summed E-state index contributed by atoms with van der Waals surface area (Å²) in [6, 6.07) is 7.57. The highest BCUT2D eigenvalue weighted by atomic mass is 16.1. The topological polar surface area (TPSA) is 42.9 Å². The lowest BCUT2D eigenvalue weighted by Crippen LogP contribution is -2.29. The van der Waals surface area contributed by atoms with E-state index in [1.807, 2.05) is 38.1 Å². The minimum Gasteiger partial charge on any atom is -0.293 e.